The fraction of sp³-hybridized carbons (Fsp3) is 0.438. The third-order valence-corrected chi connectivity index (χ3v) is 4.06. The third-order valence-electron chi connectivity index (χ3n) is 4.06. The summed E-state index contributed by atoms with van der Waals surface area (Å²) in [5, 5.41) is 11.3. The summed E-state index contributed by atoms with van der Waals surface area (Å²) in [5.41, 5.74) is 1.37. The number of carbonyl (C=O) groups excluding carboxylic acids is 1. The van der Waals surface area contributed by atoms with Crippen LogP contribution in [0.25, 0.3) is 0 Å². The monoisotopic (exact) mass is 312 g/mol. The van der Waals surface area contributed by atoms with Crippen LogP contribution in [0.4, 0.5) is 5.82 Å². The van der Waals surface area contributed by atoms with Crippen molar-refractivity contribution in [2.45, 2.75) is 19.3 Å². The molecule has 1 amide bonds. The lowest BCUT2D eigenvalue weighted by atomic mass is 9.93. The molecule has 7 nitrogen and oxygen atoms in total. The molecular weight excluding hydrogens is 292 g/mol. The van der Waals surface area contributed by atoms with Crippen LogP contribution in [0.2, 0.25) is 0 Å². The molecule has 0 spiro atoms. The van der Waals surface area contributed by atoms with Gasteiger partial charge in [0.05, 0.1) is 11.9 Å². The van der Waals surface area contributed by atoms with E-state index in [1.807, 2.05) is 24.1 Å². The number of nitrogens with one attached hydrogen (secondary N) is 1. The van der Waals surface area contributed by atoms with Crippen LogP contribution in [-0.4, -0.2) is 51.1 Å². The number of rotatable bonds is 4. The van der Waals surface area contributed by atoms with Gasteiger partial charge in [0.15, 0.2) is 0 Å². The Morgan fingerprint density at radius 3 is 2.96 bits per heavy atom. The van der Waals surface area contributed by atoms with Gasteiger partial charge >= 0.3 is 0 Å². The fourth-order valence-corrected chi connectivity index (χ4v) is 2.89. The quantitative estimate of drug-likeness (QED) is 0.919. The number of amides is 1. The van der Waals surface area contributed by atoms with Gasteiger partial charge in [0.1, 0.15) is 11.5 Å². The molecule has 1 fully saturated rings. The van der Waals surface area contributed by atoms with Gasteiger partial charge in [-0.2, -0.15) is 5.10 Å². The highest BCUT2D eigenvalue weighted by molar-refractivity contribution is 5.92. The molecule has 2 aromatic rings. The average molecular weight is 312 g/mol. The minimum absolute atomic E-state index is 0.0422. The molecule has 7 heteroatoms. The molecule has 2 aromatic heterocycles. The Morgan fingerprint density at radius 1 is 1.35 bits per heavy atom. The number of likely N-dealkylation sites (tertiary alicyclic amines) is 1. The molecule has 0 aromatic carbocycles. The zero-order valence-corrected chi connectivity index (χ0v) is 13.1. The predicted molar refractivity (Wildman–Crippen MR) is 85.9 cm³/mol. The van der Waals surface area contributed by atoms with Gasteiger partial charge in [-0.15, -0.1) is 5.10 Å². The highest BCUT2D eigenvalue weighted by Gasteiger charge is 2.25. The Kier molecular flexibility index (Phi) is 4.75. The summed E-state index contributed by atoms with van der Waals surface area (Å²) in [6.45, 7) is 1.50. The van der Waals surface area contributed by atoms with E-state index in [1.54, 1.807) is 12.4 Å². The van der Waals surface area contributed by atoms with E-state index in [1.165, 1.54) is 6.20 Å². The number of hydrogen-bond donors (Lipinski definition) is 1. The van der Waals surface area contributed by atoms with E-state index < -0.39 is 0 Å². The first-order valence-corrected chi connectivity index (χ1v) is 7.82. The maximum absolute atomic E-state index is 12.5. The Bertz CT molecular complexity index is 645. The highest BCUT2D eigenvalue weighted by Crippen LogP contribution is 2.21. The maximum atomic E-state index is 12.5. The van der Waals surface area contributed by atoms with Crippen LogP contribution >= 0.6 is 0 Å². The van der Waals surface area contributed by atoms with Crippen LogP contribution in [-0.2, 0) is 6.42 Å². The third kappa shape index (κ3) is 3.80. The van der Waals surface area contributed by atoms with Gasteiger partial charge in [0, 0.05) is 32.5 Å². The summed E-state index contributed by atoms with van der Waals surface area (Å²) in [6, 6.07) is 3.91. The van der Waals surface area contributed by atoms with Crippen molar-refractivity contribution in [3.8, 4) is 0 Å². The Labute approximate surface area is 135 Å². The summed E-state index contributed by atoms with van der Waals surface area (Å²) in [7, 11) is 1.82. The number of hydrogen-bond acceptors (Lipinski definition) is 6. The predicted octanol–water partition coefficient (Wildman–Crippen LogP) is 1.40. The van der Waals surface area contributed by atoms with E-state index in [0.29, 0.717) is 11.6 Å². The van der Waals surface area contributed by atoms with Gasteiger partial charge < -0.3 is 10.2 Å². The van der Waals surface area contributed by atoms with E-state index in [4.69, 9.17) is 0 Å². The van der Waals surface area contributed by atoms with Crippen LogP contribution in [0.15, 0.2) is 30.7 Å². The summed E-state index contributed by atoms with van der Waals surface area (Å²) in [6.07, 6.45) is 7.57. The van der Waals surface area contributed by atoms with E-state index in [0.717, 1.165) is 43.9 Å². The van der Waals surface area contributed by atoms with Crippen molar-refractivity contribution in [2.24, 2.45) is 5.92 Å². The Hall–Kier alpha value is -2.57. The molecule has 3 rings (SSSR count). The zero-order valence-electron chi connectivity index (χ0n) is 13.1. The van der Waals surface area contributed by atoms with Gasteiger partial charge in [0.25, 0.3) is 5.91 Å². The summed E-state index contributed by atoms with van der Waals surface area (Å²) < 4.78 is 0. The lowest BCUT2D eigenvalue weighted by Crippen LogP contribution is -2.41. The van der Waals surface area contributed by atoms with Gasteiger partial charge in [-0.3, -0.25) is 9.78 Å². The second-order valence-electron chi connectivity index (χ2n) is 5.71. The lowest BCUT2D eigenvalue weighted by molar-refractivity contribution is 0.0666. The van der Waals surface area contributed by atoms with Crippen LogP contribution in [0.1, 0.15) is 29.0 Å². The van der Waals surface area contributed by atoms with Gasteiger partial charge in [0.2, 0.25) is 0 Å². The molecule has 23 heavy (non-hydrogen) atoms. The molecule has 1 saturated heterocycles. The largest absolute Gasteiger partial charge is 0.372 e. The molecule has 120 valence electrons. The smallest absolute Gasteiger partial charge is 0.274 e. The number of carbonyl (C=O) groups is 1. The maximum Gasteiger partial charge on any atom is 0.274 e. The first kappa shape index (κ1) is 15.3. The number of anilines is 1. The van der Waals surface area contributed by atoms with E-state index in [2.05, 4.69) is 25.5 Å². The van der Waals surface area contributed by atoms with Crippen molar-refractivity contribution in [2.75, 3.05) is 25.5 Å². The minimum atomic E-state index is -0.0422. The normalized spacial score (nSPS) is 17.8. The molecular formula is C16H20N6O. The molecule has 1 aliphatic heterocycles. The van der Waals surface area contributed by atoms with Gasteiger partial charge in [-0.05, 0) is 37.3 Å². The Morgan fingerprint density at radius 2 is 2.26 bits per heavy atom. The average Bonchev–Trinajstić information content (AvgIpc) is 2.63. The van der Waals surface area contributed by atoms with Crippen molar-refractivity contribution < 1.29 is 4.79 Å². The summed E-state index contributed by atoms with van der Waals surface area (Å²) >= 11 is 0. The summed E-state index contributed by atoms with van der Waals surface area (Å²) in [4.78, 5) is 22.4. The first-order valence-electron chi connectivity index (χ1n) is 7.82. The van der Waals surface area contributed by atoms with E-state index >= 15 is 0 Å². The second-order valence-corrected chi connectivity index (χ2v) is 5.71. The summed E-state index contributed by atoms with van der Waals surface area (Å²) in [5.74, 6) is 1.12. The SMILES string of the molecule is CNc1ccc(C[C@H]2CCCN(C(=O)c3cnccn3)C2)nn1. The number of piperidine rings is 1. The molecule has 0 radical (unpaired) electrons. The molecule has 0 aliphatic carbocycles. The van der Waals surface area contributed by atoms with Gasteiger partial charge in [-0.25, -0.2) is 4.98 Å². The topological polar surface area (TPSA) is 83.9 Å². The van der Waals surface area contributed by atoms with Crippen molar-refractivity contribution in [3.05, 3.63) is 42.1 Å². The van der Waals surface area contributed by atoms with Crippen molar-refractivity contribution in [3.63, 3.8) is 0 Å². The van der Waals surface area contributed by atoms with Crippen molar-refractivity contribution in [1.82, 2.24) is 25.1 Å². The second kappa shape index (κ2) is 7.13. The van der Waals surface area contributed by atoms with Crippen LogP contribution in [0, 0.1) is 5.92 Å². The standard InChI is InChI=1S/C16H20N6O/c1-17-15-5-4-13(20-21-15)9-12-3-2-8-22(11-12)16(23)14-10-18-6-7-19-14/h4-7,10,12H,2-3,8-9,11H2,1H3,(H,17,21)/t12-/m1/s1. The first-order chi connectivity index (χ1) is 11.3. The Balaban J connectivity index is 1.62. The fourth-order valence-electron chi connectivity index (χ4n) is 2.89. The molecule has 0 bridgehead atoms. The van der Waals surface area contributed by atoms with Gasteiger partial charge in [-0.1, -0.05) is 0 Å². The zero-order chi connectivity index (χ0) is 16.1. The molecule has 1 atom stereocenters. The minimum Gasteiger partial charge on any atom is -0.372 e. The van der Waals surface area contributed by atoms with Crippen LogP contribution in [0.5, 0.6) is 0 Å². The number of nitrogens with zero attached hydrogens (tertiary/aromatic N) is 5. The van der Waals surface area contributed by atoms with E-state index in [9.17, 15) is 4.79 Å². The molecule has 0 saturated carbocycles. The molecule has 3 heterocycles. The number of aromatic nitrogens is 4. The van der Waals surface area contributed by atoms with E-state index in [-0.39, 0.29) is 5.91 Å². The van der Waals surface area contributed by atoms with Crippen LogP contribution in [0.3, 0.4) is 0 Å². The van der Waals surface area contributed by atoms with Crippen molar-refractivity contribution >= 4 is 11.7 Å². The van der Waals surface area contributed by atoms with Crippen molar-refractivity contribution in [1.29, 1.82) is 0 Å². The lowest BCUT2D eigenvalue weighted by Gasteiger charge is -2.32. The van der Waals surface area contributed by atoms with Crippen LogP contribution < -0.4 is 5.32 Å². The highest BCUT2D eigenvalue weighted by atomic mass is 16.2. The molecule has 1 aliphatic rings. The molecule has 0 unspecified atom stereocenters. The molecule has 1 N–H and O–H groups in total.